The normalized spacial score (nSPS) is 15.3. The van der Waals surface area contributed by atoms with Gasteiger partial charge < -0.3 is 5.32 Å². The summed E-state index contributed by atoms with van der Waals surface area (Å²) in [7, 11) is 1.82. The molecule has 1 atom stereocenters. The molecular formula is C12H15N4O3S+. The minimum atomic E-state index is -0.611. The third-order valence-electron chi connectivity index (χ3n) is 2.87. The molecule has 1 aromatic rings. The molecule has 2 rings (SSSR count). The average Bonchev–Trinajstić information content (AvgIpc) is 3.06. The van der Waals surface area contributed by atoms with Crippen molar-refractivity contribution < 1.29 is 19.4 Å². The molecule has 0 saturated heterocycles. The van der Waals surface area contributed by atoms with Crippen LogP contribution < -0.4 is 10.8 Å². The number of hydroxylamine groups is 1. The topological polar surface area (TPSA) is 94.3 Å². The van der Waals surface area contributed by atoms with Crippen LogP contribution in [0.15, 0.2) is 18.0 Å². The molecule has 0 bridgehead atoms. The van der Waals surface area contributed by atoms with Crippen LogP contribution in [-0.4, -0.2) is 39.8 Å². The number of nitrogens with zero attached hydrogens (tertiary/aromatic N) is 2. The van der Waals surface area contributed by atoms with Crippen LogP contribution in [-0.2, 0) is 4.79 Å². The van der Waals surface area contributed by atoms with E-state index in [0.717, 1.165) is 17.8 Å². The van der Waals surface area contributed by atoms with Crippen molar-refractivity contribution in [3.05, 3.63) is 27.9 Å². The zero-order valence-electron chi connectivity index (χ0n) is 11.1. The summed E-state index contributed by atoms with van der Waals surface area (Å²) in [6, 6.07) is -0.317. The zero-order valence-corrected chi connectivity index (χ0v) is 11.9. The van der Waals surface area contributed by atoms with Gasteiger partial charge in [0.15, 0.2) is 0 Å². The van der Waals surface area contributed by atoms with Gasteiger partial charge in [0.25, 0.3) is 11.6 Å². The molecule has 0 radical (unpaired) electrons. The second-order valence-corrected chi connectivity index (χ2v) is 5.38. The first-order valence-electron chi connectivity index (χ1n) is 6.00. The zero-order chi connectivity index (χ0) is 14.7. The summed E-state index contributed by atoms with van der Waals surface area (Å²) in [5, 5.41) is 12.0. The predicted molar refractivity (Wildman–Crippen MR) is 72.9 cm³/mol. The third kappa shape index (κ3) is 2.91. The van der Waals surface area contributed by atoms with E-state index in [9.17, 15) is 9.59 Å². The highest BCUT2D eigenvalue weighted by Crippen LogP contribution is 2.20. The number of thiazole rings is 1. The van der Waals surface area contributed by atoms with Crippen LogP contribution in [0.3, 0.4) is 0 Å². The Labute approximate surface area is 119 Å². The van der Waals surface area contributed by atoms with Crippen molar-refractivity contribution in [3.8, 4) is 0 Å². The number of aromatic nitrogens is 1. The van der Waals surface area contributed by atoms with Crippen LogP contribution in [0, 0.1) is 0 Å². The van der Waals surface area contributed by atoms with Gasteiger partial charge in [-0.15, -0.1) is 11.3 Å². The first kappa shape index (κ1) is 14.4. The number of allylic oxidation sites excluding steroid dienone is 1. The largest absolute Gasteiger partial charge is 0.338 e. The van der Waals surface area contributed by atoms with E-state index in [4.69, 9.17) is 5.21 Å². The van der Waals surface area contributed by atoms with E-state index in [1.165, 1.54) is 6.20 Å². The summed E-state index contributed by atoms with van der Waals surface area (Å²) >= 11 is 1.12. The number of nitrogens with one attached hydrogen (secondary N) is 2. The van der Waals surface area contributed by atoms with E-state index in [-0.39, 0.29) is 16.8 Å². The standard InChI is InChI=1S/C12H14N4O3S/c1-7(12-13-6-9(20-12)11(18)15-19)14-10(17)8-4-3-5-16(8)2/h4-7H,3H2,1-2H3,(H2-,14,15,17,18,19)/p+1/t7-/m0/s1. The second kappa shape index (κ2) is 5.93. The third-order valence-corrected chi connectivity index (χ3v) is 4.05. The molecule has 0 fully saturated rings. The Morgan fingerprint density at radius 2 is 2.25 bits per heavy atom. The summed E-state index contributed by atoms with van der Waals surface area (Å²) in [6.45, 7) is 1.79. The average molecular weight is 295 g/mol. The van der Waals surface area contributed by atoms with Crippen molar-refractivity contribution in [3.63, 3.8) is 0 Å². The monoisotopic (exact) mass is 295 g/mol. The molecule has 1 aromatic heterocycles. The lowest BCUT2D eigenvalue weighted by atomic mass is 10.3. The van der Waals surface area contributed by atoms with Crippen molar-refractivity contribution in [2.24, 2.45) is 0 Å². The first-order chi connectivity index (χ1) is 9.52. The maximum Gasteiger partial charge on any atom is 0.316 e. The maximum absolute atomic E-state index is 12.1. The summed E-state index contributed by atoms with van der Waals surface area (Å²) in [4.78, 5) is 27.6. The molecule has 2 heterocycles. The summed E-state index contributed by atoms with van der Waals surface area (Å²) in [6.07, 6.45) is 5.86. The van der Waals surface area contributed by atoms with Crippen molar-refractivity contribution in [2.45, 2.75) is 19.4 Å². The fourth-order valence-electron chi connectivity index (χ4n) is 1.80. The van der Waals surface area contributed by atoms with Gasteiger partial charge in [-0.3, -0.25) is 14.8 Å². The van der Waals surface area contributed by atoms with Crippen LogP contribution in [0.4, 0.5) is 0 Å². The lowest BCUT2D eigenvalue weighted by Crippen LogP contribution is -2.30. The van der Waals surface area contributed by atoms with E-state index in [1.807, 2.05) is 19.3 Å². The van der Waals surface area contributed by atoms with E-state index in [1.54, 1.807) is 17.0 Å². The van der Waals surface area contributed by atoms with Crippen LogP contribution in [0.5, 0.6) is 0 Å². The number of rotatable bonds is 4. The van der Waals surface area contributed by atoms with Gasteiger partial charge in [-0.25, -0.2) is 15.0 Å². The van der Waals surface area contributed by atoms with E-state index >= 15 is 0 Å². The highest BCUT2D eigenvalue weighted by Gasteiger charge is 2.25. The van der Waals surface area contributed by atoms with Crippen LogP contribution in [0.1, 0.15) is 34.1 Å². The van der Waals surface area contributed by atoms with Gasteiger partial charge in [0, 0.05) is 6.08 Å². The highest BCUT2D eigenvalue weighted by atomic mass is 32.1. The first-order valence-corrected chi connectivity index (χ1v) is 6.82. The van der Waals surface area contributed by atoms with Crippen LogP contribution in [0.2, 0.25) is 0 Å². The number of amides is 2. The van der Waals surface area contributed by atoms with Gasteiger partial charge in [0.2, 0.25) is 0 Å². The predicted octanol–water partition coefficient (Wildman–Crippen LogP) is 0.440. The Morgan fingerprint density at radius 3 is 2.85 bits per heavy atom. The van der Waals surface area contributed by atoms with Crippen molar-refractivity contribution in [1.82, 2.24) is 15.8 Å². The molecule has 0 aliphatic carbocycles. The summed E-state index contributed by atoms with van der Waals surface area (Å²) in [5.41, 5.74) is 2.15. The lowest BCUT2D eigenvalue weighted by Gasteiger charge is -2.09. The fraction of sp³-hybridized carbons (Fsp3) is 0.333. The molecule has 0 saturated carbocycles. The number of carbonyl (C=O) groups is 2. The Hall–Kier alpha value is -2.06. The molecular weight excluding hydrogens is 280 g/mol. The molecule has 3 N–H and O–H groups in total. The Balaban J connectivity index is 2.03. The van der Waals surface area contributed by atoms with Crippen molar-refractivity contribution in [2.75, 3.05) is 7.05 Å². The molecule has 7 nitrogen and oxygen atoms in total. The molecule has 0 unspecified atom stereocenters. The SMILES string of the molecule is C[C@H](NC(=O)C1=CCC=[N+]1C)c1ncc(C(=O)NO)s1. The quantitative estimate of drug-likeness (QED) is 0.427. The van der Waals surface area contributed by atoms with Gasteiger partial charge in [-0.1, -0.05) is 0 Å². The minimum absolute atomic E-state index is 0.183. The van der Waals surface area contributed by atoms with Gasteiger partial charge in [-0.05, 0) is 6.92 Å². The molecule has 20 heavy (non-hydrogen) atoms. The van der Waals surface area contributed by atoms with Crippen molar-refractivity contribution in [1.29, 1.82) is 0 Å². The highest BCUT2D eigenvalue weighted by molar-refractivity contribution is 7.13. The Kier molecular flexibility index (Phi) is 4.26. The minimum Gasteiger partial charge on any atom is -0.338 e. The molecule has 0 aromatic carbocycles. The van der Waals surface area contributed by atoms with Crippen molar-refractivity contribution >= 4 is 29.4 Å². The molecule has 8 heteroatoms. The van der Waals surface area contributed by atoms with Gasteiger partial charge in [0.05, 0.1) is 18.7 Å². The number of likely N-dealkylation sites (N-methyl/N-ethyl adjacent to an activating group) is 1. The fourth-order valence-corrected chi connectivity index (χ4v) is 2.61. The summed E-state index contributed by atoms with van der Waals surface area (Å²) < 4.78 is 1.77. The summed E-state index contributed by atoms with van der Waals surface area (Å²) in [5.74, 6) is -0.794. The van der Waals surface area contributed by atoms with Gasteiger partial charge in [-0.2, -0.15) is 0 Å². The van der Waals surface area contributed by atoms with E-state index < -0.39 is 5.91 Å². The van der Waals surface area contributed by atoms with Gasteiger partial charge in [0.1, 0.15) is 23.1 Å². The Bertz CT molecular complexity index is 606. The van der Waals surface area contributed by atoms with E-state index in [0.29, 0.717) is 10.7 Å². The van der Waals surface area contributed by atoms with Crippen LogP contribution in [0.25, 0.3) is 0 Å². The number of carbonyl (C=O) groups excluding carboxylic acids is 2. The Morgan fingerprint density at radius 1 is 1.50 bits per heavy atom. The van der Waals surface area contributed by atoms with Crippen LogP contribution >= 0.6 is 11.3 Å². The lowest BCUT2D eigenvalue weighted by molar-refractivity contribution is -0.429. The van der Waals surface area contributed by atoms with Gasteiger partial charge >= 0.3 is 5.91 Å². The smallest absolute Gasteiger partial charge is 0.316 e. The molecule has 1 aliphatic rings. The second-order valence-electron chi connectivity index (χ2n) is 4.32. The molecule has 2 amide bonds. The molecule has 0 spiro atoms. The molecule has 1 aliphatic heterocycles. The van der Waals surface area contributed by atoms with E-state index in [2.05, 4.69) is 10.3 Å². The number of hydrogen-bond acceptors (Lipinski definition) is 5. The number of hydrogen-bond donors (Lipinski definition) is 3. The molecule has 106 valence electrons. The maximum atomic E-state index is 12.1.